The van der Waals surface area contributed by atoms with Gasteiger partial charge in [0.25, 0.3) is 0 Å². The van der Waals surface area contributed by atoms with Crippen LogP contribution in [0.2, 0.25) is 0 Å². The lowest BCUT2D eigenvalue weighted by Gasteiger charge is -2.11. The topological polar surface area (TPSA) is 58.2 Å². The highest BCUT2D eigenvalue weighted by molar-refractivity contribution is 6.11. The van der Waals surface area contributed by atoms with Gasteiger partial charge in [0.2, 0.25) is 5.91 Å². The van der Waals surface area contributed by atoms with E-state index in [0.717, 1.165) is 34.3 Å². The van der Waals surface area contributed by atoms with E-state index in [1.807, 2.05) is 31.4 Å². The quantitative estimate of drug-likeness (QED) is 0.790. The van der Waals surface area contributed by atoms with Gasteiger partial charge >= 0.3 is 0 Å². The Morgan fingerprint density at radius 1 is 1.29 bits per heavy atom. The molecule has 24 heavy (non-hydrogen) atoms. The highest BCUT2D eigenvalue weighted by atomic mass is 16.5. The lowest BCUT2D eigenvalue weighted by molar-refractivity contribution is -0.120. The van der Waals surface area contributed by atoms with Crippen molar-refractivity contribution < 1.29 is 9.53 Å². The van der Waals surface area contributed by atoms with Gasteiger partial charge in [-0.15, -0.1) is 0 Å². The van der Waals surface area contributed by atoms with E-state index in [-0.39, 0.29) is 11.8 Å². The number of methoxy groups -OCH3 is 1. The van der Waals surface area contributed by atoms with E-state index in [0.29, 0.717) is 0 Å². The van der Waals surface area contributed by atoms with Crippen molar-refractivity contribution in [1.82, 2.24) is 10.2 Å². The normalized spacial score (nSPS) is 24.7. The summed E-state index contributed by atoms with van der Waals surface area (Å²) in [6.45, 7) is 0. The fourth-order valence-electron chi connectivity index (χ4n) is 4.19. The summed E-state index contributed by atoms with van der Waals surface area (Å²) >= 11 is 0. The maximum atomic E-state index is 13.0. The summed E-state index contributed by atoms with van der Waals surface area (Å²) < 4.78 is 5.38. The Kier molecular flexibility index (Phi) is 2.48. The van der Waals surface area contributed by atoms with Crippen LogP contribution in [-0.4, -0.2) is 30.3 Å². The highest BCUT2D eigenvalue weighted by Crippen LogP contribution is 2.66. The van der Waals surface area contributed by atoms with Gasteiger partial charge in [-0.2, -0.15) is 5.10 Å². The number of nitrogens with zero attached hydrogens (tertiary/aromatic N) is 2. The number of fused-ring (bicyclic) bond motifs is 3. The zero-order valence-electron chi connectivity index (χ0n) is 13.5. The molecule has 1 aliphatic heterocycles. The van der Waals surface area contributed by atoms with Gasteiger partial charge in [-0.3, -0.25) is 9.89 Å². The summed E-state index contributed by atoms with van der Waals surface area (Å²) in [7, 11) is 3.52. The third-order valence-electron chi connectivity index (χ3n) is 5.56. The van der Waals surface area contributed by atoms with Gasteiger partial charge in [-0.1, -0.05) is 12.1 Å². The third kappa shape index (κ3) is 1.54. The smallest absolute Gasteiger partial charge is 0.238 e. The van der Waals surface area contributed by atoms with Gasteiger partial charge in [0.15, 0.2) is 0 Å². The molecule has 2 atom stereocenters. The number of benzene rings is 2. The minimum absolute atomic E-state index is 0.181. The Morgan fingerprint density at radius 3 is 3.00 bits per heavy atom. The van der Waals surface area contributed by atoms with Crippen LogP contribution in [0.25, 0.3) is 10.9 Å². The molecule has 0 bridgehead atoms. The molecule has 1 amide bonds. The van der Waals surface area contributed by atoms with Gasteiger partial charge in [0, 0.05) is 24.0 Å². The highest BCUT2D eigenvalue weighted by Gasteiger charge is 2.66. The van der Waals surface area contributed by atoms with Crippen LogP contribution in [0.15, 0.2) is 42.6 Å². The number of anilines is 1. The Hall–Kier alpha value is -2.82. The van der Waals surface area contributed by atoms with Crippen LogP contribution in [0.4, 0.5) is 5.69 Å². The number of nitrogens with one attached hydrogen (secondary N) is 1. The summed E-state index contributed by atoms with van der Waals surface area (Å²) in [5.41, 5.74) is 3.84. The first-order valence-electron chi connectivity index (χ1n) is 8.05. The van der Waals surface area contributed by atoms with Crippen LogP contribution in [0.1, 0.15) is 23.5 Å². The molecule has 0 saturated heterocycles. The Balaban J connectivity index is 1.63. The number of aromatic nitrogens is 2. The molecule has 1 saturated carbocycles. The van der Waals surface area contributed by atoms with Crippen molar-refractivity contribution in [2.24, 2.45) is 0 Å². The summed E-state index contributed by atoms with van der Waals surface area (Å²) in [5.74, 6) is 1.18. The molecule has 5 nitrogen and oxygen atoms in total. The second kappa shape index (κ2) is 4.38. The standard InChI is InChI=1S/C19H17N3O2/c1-22-17-6-5-13(24-2)8-14(17)19(18(22)23)9-15(19)11-3-4-12-10-20-21-16(12)7-11/h3-8,10,15H,9H2,1-2H3,(H,20,21)/t15-,19-/m0/s1. The van der Waals surface area contributed by atoms with E-state index in [4.69, 9.17) is 4.74 Å². The van der Waals surface area contributed by atoms with Crippen LogP contribution in [0.5, 0.6) is 5.75 Å². The molecule has 2 heterocycles. The minimum Gasteiger partial charge on any atom is -0.497 e. The predicted molar refractivity (Wildman–Crippen MR) is 91.5 cm³/mol. The summed E-state index contributed by atoms with van der Waals surface area (Å²) in [4.78, 5) is 14.8. The molecular formula is C19H17N3O2. The number of amides is 1. The molecule has 5 heteroatoms. The van der Waals surface area contributed by atoms with Crippen LogP contribution >= 0.6 is 0 Å². The van der Waals surface area contributed by atoms with Crippen LogP contribution in [-0.2, 0) is 10.2 Å². The Bertz CT molecular complexity index is 993. The summed E-state index contributed by atoms with van der Waals surface area (Å²) in [6, 6.07) is 12.2. The average molecular weight is 319 g/mol. The lowest BCUT2D eigenvalue weighted by atomic mass is 9.91. The molecule has 1 fully saturated rings. The van der Waals surface area contributed by atoms with Crippen molar-refractivity contribution in [3.05, 3.63) is 53.7 Å². The molecule has 1 spiro atoms. The van der Waals surface area contributed by atoms with E-state index in [1.54, 1.807) is 12.0 Å². The van der Waals surface area contributed by atoms with Crippen molar-refractivity contribution >= 4 is 22.5 Å². The number of rotatable bonds is 2. The summed E-state index contributed by atoms with van der Waals surface area (Å²) in [6.07, 6.45) is 2.66. The average Bonchev–Trinajstić information content (AvgIpc) is 3.14. The van der Waals surface area contributed by atoms with Crippen molar-refractivity contribution in [2.45, 2.75) is 17.8 Å². The first-order valence-corrected chi connectivity index (χ1v) is 8.05. The lowest BCUT2D eigenvalue weighted by Crippen LogP contribution is -2.29. The number of hydrogen-bond acceptors (Lipinski definition) is 3. The van der Waals surface area contributed by atoms with E-state index in [1.165, 1.54) is 5.56 Å². The number of carbonyl (C=O) groups is 1. The van der Waals surface area contributed by atoms with Crippen LogP contribution in [0.3, 0.4) is 0 Å². The fourth-order valence-corrected chi connectivity index (χ4v) is 4.19. The van der Waals surface area contributed by atoms with Crippen molar-refractivity contribution in [3.63, 3.8) is 0 Å². The van der Waals surface area contributed by atoms with Crippen molar-refractivity contribution in [1.29, 1.82) is 0 Å². The third-order valence-corrected chi connectivity index (χ3v) is 5.56. The van der Waals surface area contributed by atoms with Crippen molar-refractivity contribution in [2.75, 3.05) is 19.1 Å². The van der Waals surface area contributed by atoms with Gasteiger partial charge in [-0.25, -0.2) is 0 Å². The van der Waals surface area contributed by atoms with E-state index in [2.05, 4.69) is 28.4 Å². The number of H-pyrrole nitrogens is 1. The zero-order chi connectivity index (χ0) is 16.5. The van der Waals surface area contributed by atoms with Gasteiger partial charge in [0.05, 0.1) is 24.2 Å². The van der Waals surface area contributed by atoms with Crippen LogP contribution < -0.4 is 9.64 Å². The Morgan fingerprint density at radius 2 is 2.17 bits per heavy atom. The molecule has 3 aromatic rings. The molecular weight excluding hydrogens is 302 g/mol. The first kappa shape index (κ1) is 13.6. The predicted octanol–water partition coefficient (Wildman–Crippen LogP) is 2.97. The number of likely N-dealkylation sites (N-methyl/N-ethyl adjacent to an activating group) is 1. The largest absolute Gasteiger partial charge is 0.497 e. The van der Waals surface area contributed by atoms with E-state index < -0.39 is 5.41 Å². The second-order valence-corrected chi connectivity index (χ2v) is 6.69. The fraction of sp³-hybridized carbons (Fsp3) is 0.263. The SMILES string of the molecule is COc1ccc2c(c1)[C@]1(C[C@H]1c1ccc3cn[nH]c3c1)C(=O)N2C. The maximum Gasteiger partial charge on any atom is 0.238 e. The van der Waals surface area contributed by atoms with E-state index in [9.17, 15) is 4.79 Å². The molecule has 1 aromatic heterocycles. The molecule has 2 aromatic carbocycles. The molecule has 2 aliphatic rings. The molecule has 1 N–H and O–H groups in total. The second-order valence-electron chi connectivity index (χ2n) is 6.69. The van der Waals surface area contributed by atoms with Gasteiger partial charge in [-0.05, 0) is 41.8 Å². The van der Waals surface area contributed by atoms with Gasteiger partial charge < -0.3 is 9.64 Å². The molecule has 120 valence electrons. The number of carbonyl (C=O) groups excluding carboxylic acids is 1. The minimum atomic E-state index is -0.438. The zero-order valence-corrected chi connectivity index (χ0v) is 13.5. The molecule has 1 aliphatic carbocycles. The molecule has 5 rings (SSSR count). The summed E-state index contributed by atoms with van der Waals surface area (Å²) in [5, 5.41) is 8.18. The molecule has 0 unspecified atom stereocenters. The van der Waals surface area contributed by atoms with Gasteiger partial charge in [0.1, 0.15) is 5.75 Å². The Labute approximate surface area is 139 Å². The molecule has 0 radical (unpaired) electrons. The number of aromatic amines is 1. The van der Waals surface area contributed by atoms with Crippen molar-refractivity contribution in [3.8, 4) is 5.75 Å². The number of ether oxygens (including phenoxy) is 1. The van der Waals surface area contributed by atoms with E-state index >= 15 is 0 Å². The first-order chi connectivity index (χ1) is 11.6. The monoisotopic (exact) mass is 319 g/mol. The van der Waals surface area contributed by atoms with Crippen LogP contribution in [0, 0.1) is 0 Å². The maximum absolute atomic E-state index is 13.0. The number of hydrogen-bond donors (Lipinski definition) is 1.